The molecule has 46 heavy (non-hydrogen) atoms. The number of rotatable bonds is 4. The molecule has 0 spiro atoms. The van der Waals surface area contributed by atoms with E-state index in [1.807, 2.05) is 12.3 Å². The van der Waals surface area contributed by atoms with Gasteiger partial charge in [-0.2, -0.15) is 0 Å². The second-order valence-electron chi connectivity index (χ2n) is 11.6. The third-order valence-corrected chi connectivity index (χ3v) is 8.85. The third-order valence-electron chi connectivity index (χ3n) is 8.85. The van der Waals surface area contributed by atoms with Gasteiger partial charge >= 0.3 is 0 Å². The lowest BCUT2D eigenvalue weighted by Gasteiger charge is -2.14. The molecule has 0 bridgehead atoms. The van der Waals surface area contributed by atoms with Crippen molar-refractivity contribution in [1.29, 1.82) is 0 Å². The van der Waals surface area contributed by atoms with Crippen LogP contribution in [0.25, 0.3) is 88.2 Å². The minimum atomic E-state index is 0.815. The summed E-state index contributed by atoms with van der Waals surface area (Å²) in [6.07, 6.45) is 1.86. The number of hydrogen-bond donors (Lipinski definition) is 0. The van der Waals surface area contributed by atoms with Gasteiger partial charge in [0.1, 0.15) is 0 Å². The summed E-state index contributed by atoms with van der Waals surface area (Å²) >= 11 is 0. The lowest BCUT2D eigenvalue weighted by molar-refractivity contribution is 1.27. The summed E-state index contributed by atoms with van der Waals surface area (Å²) in [5, 5.41) is 7.02. The highest BCUT2D eigenvalue weighted by molar-refractivity contribution is 6.12. The first-order valence-corrected chi connectivity index (χ1v) is 15.5. The molecular weight excluding hydrogens is 558 g/mol. The summed E-state index contributed by atoms with van der Waals surface area (Å²) < 4.78 is 0. The van der Waals surface area contributed by atoms with Gasteiger partial charge in [0.05, 0.1) is 28.1 Å². The molecule has 0 N–H and O–H groups in total. The molecule has 0 unspecified atom stereocenters. The van der Waals surface area contributed by atoms with Crippen LogP contribution in [0.3, 0.4) is 0 Å². The molecule has 3 nitrogen and oxygen atoms in total. The Morgan fingerprint density at radius 3 is 1.41 bits per heavy atom. The largest absolute Gasteiger partial charge is 0.255 e. The van der Waals surface area contributed by atoms with Crippen LogP contribution in [-0.2, 0) is 0 Å². The second-order valence-corrected chi connectivity index (χ2v) is 11.6. The lowest BCUT2D eigenvalue weighted by atomic mass is 9.94. The Hall–Kier alpha value is -6.19. The maximum atomic E-state index is 5.30. The van der Waals surface area contributed by atoms with Crippen LogP contribution in [0.5, 0.6) is 0 Å². The average molecular weight is 586 g/mol. The van der Waals surface area contributed by atoms with Crippen molar-refractivity contribution in [3.05, 3.63) is 164 Å². The normalized spacial score (nSPS) is 11.5. The van der Waals surface area contributed by atoms with Crippen molar-refractivity contribution < 1.29 is 0 Å². The first-order valence-electron chi connectivity index (χ1n) is 15.5. The van der Waals surface area contributed by atoms with Gasteiger partial charge in [-0.1, -0.05) is 121 Å². The molecule has 0 fully saturated rings. The van der Waals surface area contributed by atoms with E-state index < -0.39 is 0 Å². The first kappa shape index (κ1) is 26.2. The average Bonchev–Trinajstić information content (AvgIpc) is 3.13. The number of fused-ring (bicyclic) bond motifs is 4. The van der Waals surface area contributed by atoms with E-state index >= 15 is 0 Å². The number of pyridine rings is 3. The molecule has 0 amide bonds. The van der Waals surface area contributed by atoms with E-state index in [0.717, 1.165) is 66.7 Å². The van der Waals surface area contributed by atoms with Crippen molar-refractivity contribution in [1.82, 2.24) is 15.0 Å². The topological polar surface area (TPSA) is 38.7 Å². The van der Waals surface area contributed by atoms with Gasteiger partial charge in [0.25, 0.3) is 0 Å². The number of hydrogen-bond acceptors (Lipinski definition) is 3. The number of aromatic nitrogens is 3. The minimum Gasteiger partial charge on any atom is -0.255 e. The van der Waals surface area contributed by atoms with Crippen LogP contribution >= 0.6 is 0 Å². The molecule has 6 aromatic carbocycles. The number of benzene rings is 6. The fourth-order valence-electron chi connectivity index (χ4n) is 6.69. The molecular formula is C43H27N3. The SMILES string of the molecule is c1ccc(-c2c3ccccc3cc3ccc(-c4ccnc(-c5ccc6cc7ccccc7c(-c7ccccc7)c6n5)c4)nc23)cc1. The van der Waals surface area contributed by atoms with Crippen molar-refractivity contribution in [3.63, 3.8) is 0 Å². The lowest BCUT2D eigenvalue weighted by Crippen LogP contribution is -1.94. The van der Waals surface area contributed by atoms with Gasteiger partial charge in [0.15, 0.2) is 0 Å². The highest BCUT2D eigenvalue weighted by atomic mass is 14.8. The van der Waals surface area contributed by atoms with Crippen molar-refractivity contribution in [2.24, 2.45) is 0 Å². The van der Waals surface area contributed by atoms with Gasteiger partial charge in [-0.15, -0.1) is 0 Å². The molecule has 0 atom stereocenters. The van der Waals surface area contributed by atoms with Crippen molar-refractivity contribution in [2.75, 3.05) is 0 Å². The molecule has 9 aromatic rings. The highest BCUT2D eigenvalue weighted by Gasteiger charge is 2.15. The third kappa shape index (κ3) is 4.41. The van der Waals surface area contributed by atoms with Crippen LogP contribution in [0.1, 0.15) is 0 Å². The van der Waals surface area contributed by atoms with Gasteiger partial charge in [-0.3, -0.25) is 4.98 Å². The summed E-state index contributed by atoms with van der Waals surface area (Å²) in [4.78, 5) is 15.3. The van der Waals surface area contributed by atoms with Crippen LogP contribution in [0, 0.1) is 0 Å². The van der Waals surface area contributed by atoms with Crippen molar-refractivity contribution in [3.8, 4) is 44.9 Å². The van der Waals surface area contributed by atoms with Gasteiger partial charge in [0, 0.05) is 33.7 Å². The maximum absolute atomic E-state index is 5.30. The molecule has 0 saturated heterocycles. The molecule has 0 radical (unpaired) electrons. The van der Waals surface area contributed by atoms with E-state index in [9.17, 15) is 0 Å². The molecule has 9 rings (SSSR count). The predicted octanol–water partition coefficient (Wildman–Crippen LogP) is 11.2. The summed E-state index contributed by atoms with van der Waals surface area (Å²) in [6, 6.07) is 55.3. The van der Waals surface area contributed by atoms with Gasteiger partial charge in [0.2, 0.25) is 0 Å². The summed E-state index contributed by atoms with van der Waals surface area (Å²) in [7, 11) is 0. The van der Waals surface area contributed by atoms with E-state index in [-0.39, 0.29) is 0 Å². The monoisotopic (exact) mass is 585 g/mol. The predicted molar refractivity (Wildman–Crippen MR) is 192 cm³/mol. The molecule has 3 heteroatoms. The van der Waals surface area contributed by atoms with E-state index in [2.05, 4.69) is 152 Å². The highest BCUT2D eigenvalue weighted by Crippen LogP contribution is 2.38. The summed E-state index contributed by atoms with van der Waals surface area (Å²) in [6.45, 7) is 0. The smallest absolute Gasteiger partial charge is 0.0894 e. The van der Waals surface area contributed by atoms with Crippen LogP contribution in [0.15, 0.2) is 164 Å². The molecule has 214 valence electrons. The molecule has 0 aliphatic rings. The van der Waals surface area contributed by atoms with E-state index in [1.165, 1.54) is 21.5 Å². The molecule has 0 aliphatic heterocycles. The molecule has 3 heterocycles. The van der Waals surface area contributed by atoms with Crippen LogP contribution in [0.4, 0.5) is 0 Å². The van der Waals surface area contributed by atoms with Gasteiger partial charge < -0.3 is 0 Å². The van der Waals surface area contributed by atoms with Gasteiger partial charge in [-0.05, 0) is 69.1 Å². The minimum absolute atomic E-state index is 0.815. The maximum Gasteiger partial charge on any atom is 0.0894 e. The number of nitrogens with zero attached hydrogens (tertiary/aromatic N) is 3. The Bertz CT molecular complexity index is 2400. The standard InChI is InChI=1S/C43H27N3/c1-3-11-28(12-4-1)40-35-17-9-7-15-30(35)25-33-19-21-37(45-42(33)40)32-23-24-44-39(27-32)38-22-20-34-26-31-16-8-10-18-36(31)41(43(34)46-38)29-13-5-2-6-14-29/h1-27H. The molecule has 3 aromatic heterocycles. The van der Waals surface area contributed by atoms with Gasteiger partial charge in [-0.25, -0.2) is 9.97 Å². The Kier molecular flexibility index (Phi) is 6.14. The zero-order chi connectivity index (χ0) is 30.5. The van der Waals surface area contributed by atoms with Crippen LogP contribution in [-0.4, -0.2) is 15.0 Å². The fraction of sp³-hybridized carbons (Fsp3) is 0. The zero-order valence-electron chi connectivity index (χ0n) is 24.9. The van der Waals surface area contributed by atoms with Crippen molar-refractivity contribution >= 4 is 43.4 Å². The Labute approximate surface area is 266 Å². The fourth-order valence-corrected chi connectivity index (χ4v) is 6.69. The van der Waals surface area contributed by atoms with Crippen LogP contribution in [0.2, 0.25) is 0 Å². The van der Waals surface area contributed by atoms with Crippen LogP contribution < -0.4 is 0 Å². The summed E-state index contributed by atoms with van der Waals surface area (Å²) in [5.74, 6) is 0. The van der Waals surface area contributed by atoms with Crippen molar-refractivity contribution in [2.45, 2.75) is 0 Å². The molecule has 0 saturated carbocycles. The first-order chi connectivity index (χ1) is 22.8. The Balaban J connectivity index is 1.21. The second kappa shape index (κ2) is 10.8. The Morgan fingerprint density at radius 1 is 0.326 bits per heavy atom. The zero-order valence-corrected chi connectivity index (χ0v) is 24.9. The van der Waals surface area contributed by atoms with E-state index in [0.29, 0.717) is 0 Å². The van der Waals surface area contributed by atoms with E-state index in [4.69, 9.17) is 15.0 Å². The quantitative estimate of drug-likeness (QED) is 0.193. The summed E-state index contributed by atoms with van der Waals surface area (Å²) in [5.41, 5.74) is 10.1. The Morgan fingerprint density at radius 2 is 0.826 bits per heavy atom. The molecule has 0 aliphatic carbocycles. The van der Waals surface area contributed by atoms with E-state index in [1.54, 1.807) is 0 Å².